The maximum atomic E-state index is 5.44. The van der Waals surface area contributed by atoms with Crippen LogP contribution >= 0.6 is 15.9 Å². The predicted octanol–water partition coefficient (Wildman–Crippen LogP) is 3.25. The van der Waals surface area contributed by atoms with E-state index in [4.69, 9.17) is 4.74 Å². The van der Waals surface area contributed by atoms with Crippen LogP contribution in [-0.4, -0.2) is 24.4 Å². The van der Waals surface area contributed by atoms with Crippen molar-refractivity contribution >= 4 is 21.6 Å². The molecule has 1 aromatic heterocycles. The first-order valence-corrected chi connectivity index (χ1v) is 6.90. The molecule has 96 valence electrons. The number of benzene rings is 1. The SMILES string of the molecule is COc1cccc2c1CCN=C2c1cncc(Br)c1. The molecule has 0 aliphatic carbocycles. The first kappa shape index (κ1) is 12.4. The van der Waals surface area contributed by atoms with Crippen LogP contribution in [0.15, 0.2) is 46.1 Å². The smallest absolute Gasteiger partial charge is 0.122 e. The van der Waals surface area contributed by atoms with Gasteiger partial charge in [-0.15, -0.1) is 0 Å². The van der Waals surface area contributed by atoms with Gasteiger partial charge >= 0.3 is 0 Å². The van der Waals surface area contributed by atoms with Crippen molar-refractivity contribution < 1.29 is 4.74 Å². The maximum Gasteiger partial charge on any atom is 0.122 e. The summed E-state index contributed by atoms with van der Waals surface area (Å²) in [7, 11) is 1.71. The topological polar surface area (TPSA) is 34.5 Å². The summed E-state index contributed by atoms with van der Waals surface area (Å²) < 4.78 is 6.40. The van der Waals surface area contributed by atoms with Gasteiger partial charge in [-0.05, 0) is 34.5 Å². The van der Waals surface area contributed by atoms with Crippen molar-refractivity contribution in [3.63, 3.8) is 0 Å². The van der Waals surface area contributed by atoms with E-state index in [0.717, 1.165) is 40.0 Å². The number of ether oxygens (including phenoxy) is 1. The second kappa shape index (κ2) is 5.13. The number of nitrogens with zero attached hydrogens (tertiary/aromatic N) is 2. The summed E-state index contributed by atoms with van der Waals surface area (Å²) in [4.78, 5) is 8.87. The van der Waals surface area contributed by atoms with Crippen molar-refractivity contribution in [3.05, 3.63) is 57.8 Å². The van der Waals surface area contributed by atoms with Crippen LogP contribution in [0.1, 0.15) is 16.7 Å². The number of fused-ring (bicyclic) bond motifs is 1. The van der Waals surface area contributed by atoms with Crippen LogP contribution < -0.4 is 4.74 Å². The maximum absolute atomic E-state index is 5.44. The molecule has 0 N–H and O–H groups in total. The van der Waals surface area contributed by atoms with Gasteiger partial charge in [-0.25, -0.2) is 0 Å². The largest absolute Gasteiger partial charge is 0.496 e. The number of halogens is 1. The monoisotopic (exact) mass is 316 g/mol. The normalized spacial score (nSPS) is 13.7. The number of aliphatic imine (C=N–C) groups is 1. The van der Waals surface area contributed by atoms with E-state index in [0.29, 0.717) is 0 Å². The number of hydrogen-bond acceptors (Lipinski definition) is 3. The fourth-order valence-electron chi connectivity index (χ4n) is 2.39. The van der Waals surface area contributed by atoms with E-state index in [1.807, 2.05) is 24.4 Å². The van der Waals surface area contributed by atoms with E-state index in [9.17, 15) is 0 Å². The van der Waals surface area contributed by atoms with Gasteiger partial charge in [0.1, 0.15) is 5.75 Å². The fraction of sp³-hybridized carbons (Fsp3) is 0.200. The minimum Gasteiger partial charge on any atom is -0.496 e. The molecule has 0 bridgehead atoms. The quantitative estimate of drug-likeness (QED) is 0.852. The molecule has 2 heterocycles. The summed E-state index contributed by atoms with van der Waals surface area (Å²) in [5.41, 5.74) is 4.40. The molecule has 4 heteroatoms. The van der Waals surface area contributed by atoms with Gasteiger partial charge in [0.25, 0.3) is 0 Å². The summed E-state index contributed by atoms with van der Waals surface area (Å²) in [5.74, 6) is 0.938. The van der Waals surface area contributed by atoms with E-state index in [1.165, 1.54) is 5.56 Å². The zero-order chi connectivity index (χ0) is 13.2. The average molecular weight is 317 g/mol. The molecule has 1 aliphatic rings. The van der Waals surface area contributed by atoms with Gasteiger partial charge in [0.15, 0.2) is 0 Å². The number of aromatic nitrogens is 1. The minimum absolute atomic E-state index is 0.787. The van der Waals surface area contributed by atoms with Crippen molar-refractivity contribution in [2.75, 3.05) is 13.7 Å². The number of pyridine rings is 1. The van der Waals surface area contributed by atoms with Crippen LogP contribution in [0.25, 0.3) is 0 Å². The van der Waals surface area contributed by atoms with Crippen molar-refractivity contribution in [2.24, 2.45) is 4.99 Å². The van der Waals surface area contributed by atoms with Crippen LogP contribution in [0.2, 0.25) is 0 Å². The molecule has 0 fully saturated rings. The van der Waals surface area contributed by atoms with Gasteiger partial charge in [-0.1, -0.05) is 12.1 Å². The van der Waals surface area contributed by atoms with Crippen LogP contribution in [0.3, 0.4) is 0 Å². The molecule has 3 rings (SSSR count). The summed E-state index contributed by atoms with van der Waals surface area (Å²) in [6.45, 7) is 0.787. The molecule has 19 heavy (non-hydrogen) atoms. The van der Waals surface area contributed by atoms with Crippen molar-refractivity contribution in [2.45, 2.75) is 6.42 Å². The third kappa shape index (κ3) is 2.28. The van der Waals surface area contributed by atoms with Crippen molar-refractivity contribution in [1.82, 2.24) is 4.98 Å². The summed E-state index contributed by atoms with van der Waals surface area (Å²) in [5, 5.41) is 0. The summed E-state index contributed by atoms with van der Waals surface area (Å²) in [6.07, 6.45) is 4.54. The van der Waals surface area contributed by atoms with E-state index in [1.54, 1.807) is 13.3 Å². The molecule has 0 radical (unpaired) electrons. The molecule has 0 atom stereocenters. The van der Waals surface area contributed by atoms with E-state index < -0.39 is 0 Å². The van der Waals surface area contributed by atoms with Gasteiger partial charge in [0, 0.05) is 40.1 Å². The minimum atomic E-state index is 0.787. The molecule has 0 unspecified atom stereocenters. The van der Waals surface area contributed by atoms with E-state index in [-0.39, 0.29) is 0 Å². The lowest BCUT2D eigenvalue weighted by Gasteiger charge is -2.19. The highest BCUT2D eigenvalue weighted by molar-refractivity contribution is 9.10. The third-order valence-electron chi connectivity index (χ3n) is 3.22. The molecule has 2 aromatic rings. The van der Waals surface area contributed by atoms with E-state index in [2.05, 4.69) is 32.0 Å². The van der Waals surface area contributed by atoms with Crippen LogP contribution in [0.5, 0.6) is 5.75 Å². The zero-order valence-electron chi connectivity index (χ0n) is 10.6. The molecule has 1 aromatic carbocycles. The predicted molar refractivity (Wildman–Crippen MR) is 79.1 cm³/mol. The zero-order valence-corrected chi connectivity index (χ0v) is 12.1. The van der Waals surface area contributed by atoms with Gasteiger partial charge in [0.05, 0.1) is 12.8 Å². The first-order valence-electron chi connectivity index (χ1n) is 6.11. The van der Waals surface area contributed by atoms with Gasteiger partial charge in [0.2, 0.25) is 0 Å². The molecule has 1 aliphatic heterocycles. The second-order valence-electron chi connectivity index (χ2n) is 4.36. The highest BCUT2D eigenvalue weighted by Gasteiger charge is 2.19. The van der Waals surface area contributed by atoms with Gasteiger partial charge in [-0.2, -0.15) is 0 Å². The lowest BCUT2D eigenvalue weighted by molar-refractivity contribution is 0.409. The molecular formula is C15H13BrN2O. The highest BCUT2D eigenvalue weighted by Crippen LogP contribution is 2.28. The Kier molecular flexibility index (Phi) is 3.34. The summed E-state index contributed by atoms with van der Waals surface area (Å²) in [6, 6.07) is 8.14. The van der Waals surface area contributed by atoms with Gasteiger partial charge in [-0.3, -0.25) is 9.98 Å². The Labute approximate surface area is 120 Å². The van der Waals surface area contributed by atoms with Crippen LogP contribution in [0, 0.1) is 0 Å². The Hall–Kier alpha value is -1.68. The Bertz CT molecular complexity index is 652. The summed E-state index contributed by atoms with van der Waals surface area (Å²) >= 11 is 3.45. The number of hydrogen-bond donors (Lipinski definition) is 0. The molecule has 0 saturated heterocycles. The molecular weight excluding hydrogens is 304 g/mol. The fourth-order valence-corrected chi connectivity index (χ4v) is 2.75. The molecule has 3 nitrogen and oxygen atoms in total. The van der Waals surface area contributed by atoms with Crippen molar-refractivity contribution in [3.8, 4) is 5.75 Å². The van der Waals surface area contributed by atoms with E-state index >= 15 is 0 Å². The Morgan fingerprint density at radius 3 is 2.95 bits per heavy atom. The second-order valence-corrected chi connectivity index (χ2v) is 5.27. The van der Waals surface area contributed by atoms with Crippen LogP contribution in [0.4, 0.5) is 0 Å². The standard InChI is InChI=1S/C15H13BrN2O/c1-19-14-4-2-3-13-12(14)5-6-18-15(13)10-7-11(16)9-17-8-10/h2-4,7-9H,5-6H2,1H3. The highest BCUT2D eigenvalue weighted by atomic mass is 79.9. The lowest BCUT2D eigenvalue weighted by atomic mass is 9.93. The first-order chi connectivity index (χ1) is 9.29. The van der Waals surface area contributed by atoms with Crippen LogP contribution in [-0.2, 0) is 6.42 Å². The Morgan fingerprint density at radius 2 is 2.16 bits per heavy atom. The molecule has 0 amide bonds. The molecule has 0 spiro atoms. The average Bonchev–Trinajstić information content (AvgIpc) is 2.46. The van der Waals surface area contributed by atoms with Gasteiger partial charge < -0.3 is 4.74 Å². The lowest BCUT2D eigenvalue weighted by Crippen LogP contribution is -2.15. The number of rotatable bonds is 2. The number of methoxy groups -OCH3 is 1. The Morgan fingerprint density at radius 1 is 1.26 bits per heavy atom. The molecule has 0 saturated carbocycles. The third-order valence-corrected chi connectivity index (χ3v) is 3.65. The van der Waals surface area contributed by atoms with Crippen molar-refractivity contribution in [1.29, 1.82) is 0 Å². The Balaban J connectivity index is 2.14.